The van der Waals surface area contributed by atoms with Gasteiger partial charge in [-0.05, 0) is 36.6 Å². The number of aryl methyl sites for hydroxylation is 1. The molecule has 3 aromatic rings. The van der Waals surface area contributed by atoms with Crippen molar-refractivity contribution in [2.75, 3.05) is 32.7 Å². The fourth-order valence-corrected chi connectivity index (χ4v) is 4.36. The van der Waals surface area contributed by atoms with Crippen LogP contribution in [-0.2, 0) is 17.8 Å². The van der Waals surface area contributed by atoms with E-state index < -0.39 is 0 Å². The molecular formula is C23H25FN4O2. The number of para-hydroxylation sites is 1. The van der Waals surface area contributed by atoms with Gasteiger partial charge in [-0.3, -0.25) is 9.69 Å². The lowest BCUT2D eigenvalue weighted by Gasteiger charge is -2.37. The zero-order chi connectivity index (χ0) is 20.5. The number of nitrogens with zero attached hydrogens (tertiary/aromatic N) is 4. The molecule has 0 saturated carbocycles. The molecule has 0 radical (unpaired) electrons. The third-order valence-electron chi connectivity index (χ3n) is 6.12. The minimum Gasteiger partial charge on any atom is -0.480 e. The molecule has 2 aliphatic rings. The molecule has 1 fully saturated rings. The van der Waals surface area contributed by atoms with Gasteiger partial charge in [-0.2, -0.15) is 0 Å². The average Bonchev–Trinajstić information content (AvgIpc) is 3.19. The molecule has 3 heterocycles. The van der Waals surface area contributed by atoms with E-state index in [1.54, 1.807) is 12.4 Å². The number of piperazine rings is 1. The zero-order valence-corrected chi connectivity index (χ0v) is 16.8. The Labute approximate surface area is 174 Å². The van der Waals surface area contributed by atoms with Crippen LogP contribution in [0.1, 0.15) is 12.0 Å². The van der Waals surface area contributed by atoms with Crippen molar-refractivity contribution in [1.82, 2.24) is 19.4 Å². The second kappa shape index (κ2) is 8.07. The van der Waals surface area contributed by atoms with Gasteiger partial charge in [-0.1, -0.05) is 18.2 Å². The normalized spacial score (nSPS) is 19.5. The minimum absolute atomic E-state index is 0.104. The van der Waals surface area contributed by atoms with Gasteiger partial charge in [0.1, 0.15) is 11.6 Å². The number of aromatic nitrogens is 2. The van der Waals surface area contributed by atoms with Crippen molar-refractivity contribution in [1.29, 1.82) is 0 Å². The largest absolute Gasteiger partial charge is 0.480 e. The summed E-state index contributed by atoms with van der Waals surface area (Å²) in [6, 6.07) is 12.7. The van der Waals surface area contributed by atoms with Crippen molar-refractivity contribution < 1.29 is 13.9 Å². The van der Waals surface area contributed by atoms with Gasteiger partial charge in [-0.15, -0.1) is 0 Å². The molecule has 2 aliphatic heterocycles. The fourth-order valence-electron chi connectivity index (χ4n) is 4.36. The standard InChI is InChI=1S/C23H25FN4O2/c24-18-6-7-20-19(15-18)25-16-28(20)14-11-26-9-12-27(13-10-26)23(29)22-8-5-17-3-1-2-4-21(17)30-22/h1-4,6-7,15-16,22H,5,8-14H2. The third kappa shape index (κ3) is 3.77. The van der Waals surface area contributed by atoms with Gasteiger partial charge in [0.25, 0.3) is 5.91 Å². The number of rotatable bonds is 4. The number of benzene rings is 2. The summed E-state index contributed by atoms with van der Waals surface area (Å²) < 4.78 is 21.4. The van der Waals surface area contributed by atoms with Crippen LogP contribution in [0, 0.1) is 5.82 Å². The van der Waals surface area contributed by atoms with Gasteiger partial charge in [0, 0.05) is 45.3 Å². The number of halogens is 1. The van der Waals surface area contributed by atoms with Crippen LogP contribution in [0.3, 0.4) is 0 Å². The Kier molecular flexibility index (Phi) is 5.12. The van der Waals surface area contributed by atoms with Crippen LogP contribution in [0.25, 0.3) is 11.0 Å². The SMILES string of the molecule is O=C(C1CCc2ccccc2O1)N1CCN(CCn2cnc3cc(F)ccc32)CC1. The van der Waals surface area contributed by atoms with E-state index in [-0.39, 0.29) is 17.8 Å². The highest BCUT2D eigenvalue weighted by Crippen LogP contribution is 2.28. The van der Waals surface area contributed by atoms with Gasteiger partial charge in [0.15, 0.2) is 6.10 Å². The van der Waals surface area contributed by atoms with Crippen LogP contribution in [0.2, 0.25) is 0 Å². The number of hydrogen-bond donors (Lipinski definition) is 0. The summed E-state index contributed by atoms with van der Waals surface area (Å²) in [5.41, 5.74) is 2.81. The second-order valence-electron chi connectivity index (χ2n) is 7.99. The Hall–Kier alpha value is -2.93. The first-order valence-corrected chi connectivity index (χ1v) is 10.5. The molecule has 2 aromatic carbocycles. The molecule has 156 valence electrons. The molecule has 5 rings (SSSR count). The number of ether oxygens (including phenoxy) is 1. The summed E-state index contributed by atoms with van der Waals surface area (Å²) in [5.74, 6) is 0.680. The first-order valence-electron chi connectivity index (χ1n) is 10.5. The molecule has 0 bridgehead atoms. The summed E-state index contributed by atoms with van der Waals surface area (Å²) in [7, 11) is 0. The maximum absolute atomic E-state index is 13.3. The van der Waals surface area contributed by atoms with E-state index in [9.17, 15) is 9.18 Å². The zero-order valence-electron chi connectivity index (χ0n) is 16.8. The Morgan fingerprint density at radius 3 is 2.80 bits per heavy atom. The van der Waals surface area contributed by atoms with E-state index in [2.05, 4.69) is 20.5 Å². The predicted molar refractivity (Wildman–Crippen MR) is 112 cm³/mol. The highest BCUT2D eigenvalue weighted by molar-refractivity contribution is 5.81. The van der Waals surface area contributed by atoms with Gasteiger partial charge < -0.3 is 14.2 Å². The number of amides is 1. The van der Waals surface area contributed by atoms with Crippen LogP contribution in [0.15, 0.2) is 48.8 Å². The lowest BCUT2D eigenvalue weighted by Crippen LogP contribution is -2.53. The number of fused-ring (bicyclic) bond motifs is 2. The van der Waals surface area contributed by atoms with E-state index in [1.165, 1.54) is 17.7 Å². The Morgan fingerprint density at radius 1 is 1.10 bits per heavy atom. The van der Waals surface area contributed by atoms with Gasteiger partial charge >= 0.3 is 0 Å². The van der Waals surface area contributed by atoms with E-state index >= 15 is 0 Å². The monoisotopic (exact) mass is 408 g/mol. The van der Waals surface area contributed by atoms with E-state index in [0.29, 0.717) is 5.52 Å². The minimum atomic E-state index is -0.371. The summed E-state index contributed by atoms with van der Waals surface area (Å²) in [6.45, 7) is 4.79. The molecule has 1 atom stereocenters. The van der Waals surface area contributed by atoms with Crippen LogP contribution < -0.4 is 4.74 Å². The highest BCUT2D eigenvalue weighted by atomic mass is 19.1. The summed E-state index contributed by atoms with van der Waals surface area (Å²) in [5, 5.41) is 0. The number of hydrogen-bond acceptors (Lipinski definition) is 4. The molecule has 30 heavy (non-hydrogen) atoms. The van der Waals surface area contributed by atoms with Crippen molar-refractivity contribution in [3.8, 4) is 5.75 Å². The lowest BCUT2D eigenvalue weighted by molar-refractivity contribution is -0.141. The van der Waals surface area contributed by atoms with Crippen molar-refractivity contribution in [2.24, 2.45) is 0 Å². The molecule has 1 amide bonds. The van der Waals surface area contributed by atoms with Crippen LogP contribution >= 0.6 is 0 Å². The van der Waals surface area contributed by atoms with Crippen LogP contribution in [-0.4, -0.2) is 64.1 Å². The van der Waals surface area contributed by atoms with Gasteiger partial charge in [-0.25, -0.2) is 9.37 Å². The first kappa shape index (κ1) is 19.1. The second-order valence-corrected chi connectivity index (χ2v) is 7.99. The van der Waals surface area contributed by atoms with E-state index in [1.807, 2.05) is 23.1 Å². The first-order chi connectivity index (χ1) is 14.7. The smallest absolute Gasteiger partial charge is 0.263 e. The fraction of sp³-hybridized carbons (Fsp3) is 0.391. The van der Waals surface area contributed by atoms with Crippen molar-refractivity contribution >= 4 is 16.9 Å². The van der Waals surface area contributed by atoms with Crippen molar-refractivity contribution in [3.05, 3.63) is 60.2 Å². The summed E-state index contributed by atoms with van der Waals surface area (Å²) in [6.07, 6.45) is 3.02. The molecule has 0 spiro atoms. The van der Waals surface area contributed by atoms with Crippen LogP contribution in [0.5, 0.6) is 5.75 Å². The molecule has 0 N–H and O–H groups in total. The lowest BCUT2D eigenvalue weighted by atomic mass is 10.0. The highest BCUT2D eigenvalue weighted by Gasteiger charge is 2.31. The molecule has 6 nitrogen and oxygen atoms in total. The quantitative estimate of drug-likeness (QED) is 0.666. The predicted octanol–water partition coefficient (Wildman–Crippen LogP) is 2.71. The Bertz CT molecular complexity index is 1060. The molecular weight excluding hydrogens is 383 g/mol. The van der Waals surface area contributed by atoms with Crippen LogP contribution in [0.4, 0.5) is 4.39 Å². The molecule has 1 aromatic heterocycles. The van der Waals surface area contributed by atoms with Crippen molar-refractivity contribution in [2.45, 2.75) is 25.5 Å². The van der Waals surface area contributed by atoms with E-state index in [4.69, 9.17) is 4.74 Å². The molecule has 0 aliphatic carbocycles. The van der Waals surface area contributed by atoms with Gasteiger partial charge in [0.2, 0.25) is 0 Å². The molecule has 1 unspecified atom stereocenters. The molecule has 1 saturated heterocycles. The van der Waals surface area contributed by atoms with E-state index in [0.717, 1.165) is 63.4 Å². The number of imidazole rings is 1. The molecule has 7 heteroatoms. The summed E-state index contributed by atoms with van der Waals surface area (Å²) >= 11 is 0. The van der Waals surface area contributed by atoms with Gasteiger partial charge in [0.05, 0.1) is 17.4 Å². The summed E-state index contributed by atoms with van der Waals surface area (Å²) in [4.78, 5) is 21.5. The average molecular weight is 408 g/mol. The topological polar surface area (TPSA) is 50.6 Å². The maximum Gasteiger partial charge on any atom is 0.263 e. The third-order valence-corrected chi connectivity index (χ3v) is 6.12. The Morgan fingerprint density at radius 2 is 1.93 bits per heavy atom. The Balaban J connectivity index is 1.13. The maximum atomic E-state index is 13.3. The number of carbonyl (C=O) groups excluding carboxylic acids is 1. The van der Waals surface area contributed by atoms with Crippen molar-refractivity contribution in [3.63, 3.8) is 0 Å². The number of carbonyl (C=O) groups is 1.